The Morgan fingerprint density at radius 1 is 0.719 bits per heavy atom. The fraction of sp³-hybridized carbons (Fsp3) is 0.111. The molecule has 2 heterocycles. The molecule has 170 valence electrons. The first-order valence-corrected chi connectivity index (χ1v) is 13.6. The lowest BCUT2D eigenvalue weighted by molar-refractivity contribution is 0.370. The van der Waals surface area contributed by atoms with E-state index in [0.29, 0.717) is 41.3 Å². The van der Waals surface area contributed by atoms with Crippen LogP contribution in [0.3, 0.4) is 0 Å². The second-order valence-electron chi connectivity index (χ2n) is 6.70. The lowest BCUT2D eigenvalue weighted by Crippen LogP contribution is -2.08. The number of benzene rings is 2. The van der Waals surface area contributed by atoms with Crippen LogP contribution in [0.2, 0.25) is 10.0 Å². The number of rotatable bonds is 5. The topological polar surface area (TPSA) is 133 Å². The van der Waals surface area contributed by atoms with Gasteiger partial charge >= 0.3 is 0 Å². The van der Waals surface area contributed by atoms with Crippen molar-refractivity contribution in [2.45, 2.75) is 13.8 Å². The summed E-state index contributed by atoms with van der Waals surface area (Å²) in [6.07, 6.45) is 0. The van der Waals surface area contributed by atoms with E-state index in [9.17, 15) is 25.9 Å². The van der Waals surface area contributed by atoms with Crippen LogP contribution in [0.5, 0.6) is 11.5 Å². The monoisotopic (exact) mass is 552 g/mol. The molecule has 0 N–H and O–H groups in total. The number of halogens is 2. The van der Waals surface area contributed by atoms with Crippen LogP contribution in [0, 0.1) is 13.8 Å². The van der Waals surface area contributed by atoms with E-state index in [-0.39, 0.29) is 21.3 Å². The molecular formula is C18H10Cl2O8S4-2. The number of hydrogen-bond donors (Lipinski definition) is 0. The molecule has 2 aromatic heterocycles. The second kappa shape index (κ2) is 7.99. The minimum atomic E-state index is -5.20. The molecule has 0 saturated carbocycles. The van der Waals surface area contributed by atoms with E-state index in [1.165, 1.54) is 0 Å². The van der Waals surface area contributed by atoms with Crippen LogP contribution < -0.4 is 8.37 Å². The molecule has 0 unspecified atom stereocenters. The molecule has 0 fully saturated rings. The van der Waals surface area contributed by atoms with Gasteiger partial charge in [0.15, 0.2) is 11.5 Å². The van der Waals surface area contributed by atoms with Gasteiger partial charge in [0.05, 0.1) is 9.75 Å². The molecule has 0 bridgehead atoms. The summed E-state index contributed by atoms with van der Waals surface area (Å²) in [7, 11) is -10.4. The number of aryl methyl sites for hydroxylation is 2. The standard InChI is InChI=1S/C18H12Cl2O8S4/c1-7-3-9(19)5-11-13(7)15(27-31(21,22)23)17(29-11)18-16(28-32(24,25)26)14-8(2)4-10(20)6-12(14)30-18/h3-6H,1-2H3,(H,21,22,23)(H,24,25,26)/p-2. The van der Waals surface area contributed by atoms with Gasteiger partial charge < -0.3 is 17.5 Å². The fourth-order valence-corrected chi connectivity index (χ4v) is 7.51. The quantitative estimate of drug-likeness (QED) is 0.238. The average Bonchev–Trinajstić information content (AvgIpc) is 3.10. The third-order valence-electron chi connectivity index (χ3n) is 4.40. The molecule has 0 spiro atoms. The Labute approximate surface area is 200 Å². The van der Waals surface area contributed by atoms with Gasteiger partial charge in [0.25, 0.3) is 20.8 Å². The van der Waals surface area contributed by atoms with Crippen molar-refractivity contribution >= 4 is 86.8 Å². The van der Waals surface area contributed by atoms with Crippen molar-refractivity contribution in [3.8, 4) is 21.3 Å². The lowest BCUT2D eigenvalue weighted by Gasteiger charge is -2.13. The Morgan fingerprint density at radius 2 is 1.06 bits per heavy atom. The van der Waals surface area contributed by atoms with Crippen LogP contribution in [0.4, 0.5) is 0 Å². The number of hydrogen-bond acceptors (Lipinski definition) is 10. The van der Waals surface area contributed by atoms with Gasteiger partial charge in [0, 0.05) is 30.2 Å². The van der Waals surface area contributed by atoms with Crippen LogP contribution in [0.15, 0.2) is 24.3 Å². The van der Waals surface area contributed by atoms with Crippen LogP contribution in [-0.4, -0.2) is 25.9 Å². The summed E-state index contributed by atoms with van der Waals surface area (Å²) >= 11 is 14.2. The first-order chi connectivity index (χ1) is 14.7. The second-order valence-corrected chi connectivity index (χ2v) is 11.6. The van der Waals surface area contributed by atoms with Gasteiger partial charge in [0.2, 0.25) is 0 Å². The zero-order valence-corrected chi connectivity index (χ0v) is 20.7. The van der Waals surface area contributed by atoms with Crippen LogP contribution >= 0.6 is 45.9 Å². The maximum absolute atomic E-state index is 11.5. The first kappa shape index (κ1) is 23.5. The van der Waals surface area contributed by atoms with Crippen molar-refractivity contribution in [2.75, 3.05) is 0 Å². The van der Waals surface area contributed by atoms with Gasteiger partial charge in [-0.3, -0.25) is 0 Å². The zero-order valence-electron chi connectivity index (χ0n) is 16.0. The molecule has 0 aliphatic rings. The largest absolute Gasteiger partial charge is 0.716 e. The van der Waals surface area contributed by atoms with E-state index < -0.39 is 20.8 Å². The third kappa shape index (κ3) is 4.54. The van der Waals surface area contributed by atoms with E-state index in [0.717, 1.165) is 22.7 Å². The maximum atomic E-state index is 11.5. The number of fused-ring (bicyclic) bond motifs is 2. The molecule has 32 heavy (non-hydrogen) atoms. The Hall–Kier alpha value is -1.64. The molecule has 0 saturated heterocycles. The molecule has 14 heteroatoms. The van der Waals surface area contributed by atoms with Gasteiger partial charge in [-0.1, -0.05) is 23.2 Å². The SMILES string of the molecule is Cc1cc(Cl)cc2sc(-c3sc4cc(Cl)cc(C)c4c3OS(=O)(=O)[O-])c(OS(=O)(=O)[O-])c12. The van der Waals surface area contributed by atoms with Crippen molar-refractivity contribution in [3.05, 3.63) is 45.4 Å². The summed E-state index contributed by atoms with van der Waals surface area (Å²) in [6.45, 7) is 3.28. The molecule has 2 aromatic carbocycles. The summed E-state index contributed by atoms with van der Waals surface area (Å²) in [5, 5.41) is 1.32. The van der Waals surface area contributed by atoms with Crippen molar-refractivity contribution in [1.29, 1.82) is 0 Å². The summed E-state index contributed by atoms with van der Waals surface area (Å²) in [5.74, 6) is -0.616. The van der Waals surface area contributed by atoms with Gasteiger partial charge in [-0.15, -0.1) is 22.7 Å². The van der Waals surface area contributed by atoms with Gasteiger partial charge in [0.1, 0.15) is 0 Å². The molecule has 8 nitrogen and oxygen atoms in total. The highest BCUT2D eigenvalue weighted by atomic mass is 35.5. The normalized spacial score (nSPS) is 12.6. The first-order valence-electron chi connectivity index (χ1n) is 8.50. The van der Waals surface area contributed by atoms with Gasteiger partial charge in [-0.2, -0.15) is 0 Å². The van der Waals surface area contributed by atoms with Crippen LogP contribution in [0.1, 0.15) is 11.1 Å². The average molecular weight is 553 g/mol. The summed E-state index contributed by atoms with van der Waals surface area (Å²) in [6, 6.07) is 6.20. The molecule has 0 radical (unpaired) electrons. The minimum absolute atomic E-state index is 0.0835. The molecule has 4 aromatic rings. The summed E-state index contributed by atoms with van der Waals surface area (Å²) in [4.78, 5) is 0.167. The maximum Gasteiger partial charge on any atom is 0.262 e. The lowest BCUT2D eigenvalue weighted by atomic mass is 10.1. The van der Waals surface area contributed by atoms with Crippen molar-refractivity contribution in [1.82, 2.24) is 0 Å². The van der Waals surface area contributed by atoms with Crippen molar-refractivity contribution in [3.63, 3.8) is 0 Å². The Balaban J connectivity index is 2.16. The summed E-state index contributed by atoms with van der Waals surface area (Å²) < 4.78 is 79.5. The molecular weight excluding hydrogens is 543 g/mol. The fourth-order valence-electron chi connectivity index (χ4n) is 3.37. The molecule has 0 aliphatic heterocycles. The van der Waals surface area contributed by atoms with Gasteiger partial charge in [-0.25, -0.2) is 16.8 Å². The predicted octanol–water partition coefficient (Wildman–Crippen LogP) is 5.38. The highest BCUT2D eigenvalue weighted by molar-refractivity contribution is 7.81. The molecule has 0 aliphatic carbocycles. The summed E-state index contributed by atoms with van der Waals surface area (Å²) in [5.41, 5.74) is 1.04. The molecule has 0 amide bonds. The predicted molar refractivity (Wildman–Crippen MR) is 123 cm³/mol. The number of thiophene rings is 2. The minimum Gasteiger partial charge on any atom is -0.716 e. The highest BCUT2D eigenvalue weighted by Gasteiger charge is 2.27. The third-order valence-corrected chi connectivity index (χ3v) is 7.97. The van der Waals surface area contributed by atoms with E-state index in [4.69, 9.17) is 31.6 Å². The smallest absolute Gasteiger partial charge is 0.262 e. The Kier molecular flexibility index (Phi) is 5.87. The van der Waals surface area contributed by atoms with Crippen LogP contribution in [0.25, 0.3) is 29.9 Å². The highest BCUT2D eigenvalue weighted by Crippen LogP contribution is 2.55. The van der Waals surface area contributed by atoms with Crippen molar-refractivity contribution in [2.24, 2.45) is 0 Å². The molecule has 0 atom stereocenters. The van der Waals surface area contributed by atoms with Crippen LogP contribution in [-0.2, 0) is 20.8 Å². The molecule has 4 rings (SSSR count). The zero-order chi connectivity index (χ0) is 23.6. The van der Waals surface area contributed by atoms with Crippen molar-refractivity contribution < 1.29 is 34.3 Å². The Bertz CT molecular complexity index is 1500. The van der Waals surface area contributed by atoms with E-state index >= 15 is 0 Å². The Morgan fingerprint density at radius 3 is 1.38 bits per heavy atom. The van der Waals surface area contributed by atoms with E-state index in [1.807, 2.05) is 0 Å². The van der Waals surface area contributed by atoms with Gasteiger partial charge in [-0.05, 0) is 49.2 Å². The van der Waals surface area contributed by atoms with E-state index in [2.05, 4.69) is 0 Å². The van der Waals surface area contributed by atoms with E-state index in [1.54, 1.807) is 38.1 Å².